The second-order valence-electron chi connectivity index (χ2n) is 4.71. The van der Waals surface area contributed by atoms with E-state index in [-0.39, 0.29) is 12.2 Å². The van der Waals surface area contributed by atoms with Crippen molar-refractivity contribution in [1.29, 1.82) is 0 Å². The number of benzene rings is 1. The van der Waals surface area contributed by atoms with Crippen molar-refractivity contribution in [3.8, 4) is 5.75 Å². The fraction of sp³-hybridized carbons (Fsp3) is 0.571. The van der Waals surface area contributed by atoms with Crippen LogP contribution in [-0.4, -0.2) is 17.3 Å². The highest BCUT2D eigenvalue weighted by Crippen LogP contribution is 2.23. The minimum atomic E-state index is -0.327. The van der Waals surface area contributed by atoms with E-state index in [9.17, 15) is 5.11 Å². The summed E-state index contributed by atoms with van der Waals surface area (Å²) in [5.74, 6) is 0.827. The Balaban J connectivity index is 1.98. The predicted molar refractivity (Wildman–Crippen MR) is 67.8 cm³/mol. The number of hydrogen-bond acceptors (Lipinski definition) is 3. The monoisotopic (exact) mass is 235 g/mol. The van der Waals surface area contributed by atoms with Gasteiger partial charge in [0.05, 0.1) is 6.10 Å². The Morgan fingerprint density at radius 1 is 1.12 bits per heavy atom. The number of aliphatic hydroxyl groups excluding tert-OH is 1. The molecule has 1 aliphatic carbocycles. The van der Waals surface area contributed by atoms with Crippen molar-refractivity contribution in [1.82, 2.24) is 0 Å². The normalized spacial score (nSPS) is 25.3. The zero-order valence-electron chi connectivity index (χ0n) is 10.1. The molecule has 2 rings (SSSR count). The summed E-state index contributed by atoms with van der Waals surface area (Å²) in [6.07, 6.45) is 4.86. The Morgan fingerprint density at radius 2 is 1.82 bits per heavy atom. The first-order valence-electron chi connectivity index (χ1n) is 6.43. The number of aliphatic hydroxyl groups is 1. The molecule has 0 radical (unpaired) electrons. The van der Waals surface area contributed by atoms with Gasteiger partial charge >= 0.3 is 0 Å². The van der Waals surface area contributed by atoms with Gasteiger partial charge in [-0.3, -0.25) is 0 Å². The van der Waals surface area contributed by atoms with Crippen LogP contribution in [0.15, 0.2) is 24.3 Å². The van der Waals surface area contributed by atoms with Crippen LogP contribution in [0.25, 0.3) is 0 Å². The second-order valence-corrected chi connectivity index (χ2v) is 4.71. The lowest BCUT2D eigenvalue weighted by atomic mass is 10.1. The molecule has 94 valence electrons. The highest BCUT2D eigenvalue weighted by Gasteiger charge is 2.22. The number of rotatable bonds is 3. The quantitative estimate of drug-likeness (QED) is 0.790. The molecule has 0 aliphatic heterocycles. The van der Waals surface area contributed by atoms with Gasteiger partial charge in [-0.25, -0.2) is 0 Å². The SMILES string of the molecule is NCc1ccc(OC2CCCCCC2O)cc1. The Hall–Kier alpha value is -1.06. The lowest BCUT2D eigenvalue weighted by Gasteiger charge is -2.22. The van der Waals surface area contributed by atoms with Crippen LogP contribution in [0.1, 0.15) is 37.7 Å². The van der Waals surface area contributed by atoms with Crippen molar-refractivity contribution >= 4 is 0 Å². The molecular weight excluding hydrogens is 214 g/mol. The zero-order valence-corrected chi connectivity index (χ0v) is 10.1. The highest BCUT2D eigenvalue weighted by atomic mass is 16.5. The molecular formula is C14H21NO2. The Labute approximate surface area is 103 Å². The largest absolute Gasteiger partial charge is 0.488 e. The van der Waals surface area contributed by atoms with E-state index in [1.165, 1.54) is 6.42 Å². The lowest BCUT2D eigenvalue weighted by molar-refractivity contribution is 0.0320. The third kappa shape index (κ3) is 3.45. The molecule has 2 unspecified atom stereocenters. The highest BCUT2D eigenvalue weighted by molar-refractivity contribution is 5.27. The summed E-state index contributed by atoms with van der Waals surface area (Å²) in [7, 11) is 0. The van der Waals surface area contributed by atoms with E-state index >= 15 is 0 Å². The maximum absolute atomic E-state index is 9.97. The minimum Gasteiger partial charge on any atom is -0.488 e. The van der Waals surface area contributed by atoms with E-state index in [0.29, 0.717) is 6.54 Å². The summed E-state index contributed by atoms with van der Waals surface area (Å²) in [6.45, 7) is 0.548. The summed E-state index contributed by atoms with van der Waals surface area (Å²) in [4.78, 5) is 0. The predicted octanol–water partition coefficient (Wildman–Crippen LogP) is 2.22. The van der Waals surface area contributed by atoms with Gasteiger partial charge in [0.2, 0.25) is 0 Å². The average molecular weight is 235 g/mol. The van der Waals surface area contributed by atoms with Gasteiger partial charge in [-0.15, -0.1) is 0 Å². The average Bonchev–Trinajstić information content (AvgIpc) is 2.56. The summed E-state index contributed by atoms with van der Waals surface area (Å²) < 4.78 is 5.86. The summed E-state index contributed by atoms with van der Waals surface area (Å²) in [6, 6.07) is 7.80. The van der Waals surface area contributed by atoms with Gasteiger partial charge in [-0.2, -0.15) is 0 Å². The van der Waals surface area contributed by atoms with Gasteiger partial charge in [0.15, 0.2) is 0 Å². The molecule has 0 bridgehead atoms. The van der Waals surface area contributed by atoms with Gasteiger partial charge in [-0.05, 0) is 37.0 Å². The first-order valence-corrected chi connectivity index (χ1v) is 6.43. The fourth-order valence-corrected chi connectivity index (χ4v) is 2.27. The van der Waals surface area contributed by atoms with Crippen LogP contribution < -0.4 is 10.5 Å². The van der Waals surface area contributed by atoms with Crippen LogP contribution in [0.5, 0.6) is 5.75 Å². The van der Waals surface area contributed by atoms with Crippen molar-refractivity contribution in [3.63, 3.8) is 0 Å². The molecule has 0 spiro atoms. The van der Waals surface area contributed by atoms with Gasteiger partial charge in [0.1, 0.15) is 11.9 Å². The summed E-state index contributed by atoms with van der Waals surface area (Å²) in [5.41, 5.74) is 6.64. The molecule has 1 fully saturated rings. The molecule has 3 nitrogen and oxygen atoms in total. The van der Waals surface area contributed by atoms with Gasteiger partial charge in [-0.1, -0.05) is 25.0 Å². The molecule has 0 amide bonds. The maximum atomic E-state index is 9.97. The number of ether oxygens (including phenoxy) is 1. The minimum absolute atomic E-state index is 0.0544. The van der Waals surface area contributed by atoms with Crippen LogP contribution >= 0.6 is 0 Å². The first kappa shape index (κ1) is 12.4. The van der Waals surface area contributed by atoms with E-state index in [1.807, 2.05) is 24.3 Å². The third-order valence-corrected chi connectivity index (χ3v) is 3.36. The fourth-order valence-electron chi connectivity index (χ4n) is 2.27. The van der Waals surface area contributed by atoms with E-state index in [1.54, 1.807) is 0 Å². The van der Waals surface area contributed by atoms with Gasteiger partial charge < -0.3 is 15.6 Å². The van der Waals surface area contributed by atoms with Gasteiger partial charge in [0, 0.05) is 6.54 Å². The number of nitrogens with two attached hydrogens (primary N) is 1. The van der Waals surface area contributed by atoms with Crippen LogP contribution in [0.2, 0.25) is 0 Å². The third-order valence-electron chi connectivity index (χ3n) is 3.36. The molecule has 1 aliphatic rings. The van der Waals surface area contributed by atoms with Crippen LogP contribution in [0.4, 0.5) is 0 Å². The van der Waals surface area contributed by atoms with Crippen molar-refractivity contribution in [2.24, 2.45) is 5.73 Å². The van der Waals surface area contributed by atoms with Crippen LogP contribution in [-0.2, 0) is 6.54 Å². The van der Waals surface area contributed by atoms with E-state index in [0.717, 1.165) is 37.0 Å². The van der Waals surface area contributed by atoms with E-state index in [2.05, 4.69) is 0 Å². The second kappa shape index (κ2) is 6.03. The van der Waals surface area contributed by atoms with E-state index in [4.69, 9.17) is 10.5 Å². The van der Waals surface area contributed by atoms with Crippen LogP contribution in [0, 0.1) is 0 Å². The molecule has 1 aromatic carbocycles. The molecule has 3 N–H and O–H groups in total. The van der Waals surface area contributed by atoms with E-state index < -0.39 is 0 Å². The van der Waals surface area contributed by atoms with Crippen molar-refractivity contribution in [2.75, 3.05) is 0 Å². The van der Waals surface area contributed by atoms with Crippen LogP contribution in [0.3, 0.4) is 0 Å². The standard InChI is InChI=1S/C14H21NO2/c15-10-11-6-8-12(9-7-11)17-14-5-3-1-2-4-13(14)16/h6-9,13-14,16H,1-5,10,15H2. The van der Waals surface area contributed by atoms with Crippen molar-refractivity contribution in [3.05, 3.63) is 29.8 Å². The Bertz CT molecular complexity index is 337. The maximum Gasteiger partial charge on any atom is 0.124 e. The topological polar surface area (TPSA) is 55.5 Å². The Morgan fingerprint density at radius 3 is 2.53 bits per heavy atom. The Kier molecular flexibility index (Phi) is 4.40. The lowest BCUT2D eigenvalue weighted by Crippen LogP contribution is -2.30. The summed E-state index contributed by atoms with van der Waals surface area (Å²) in [5, 5.41) is 9.97. The number of hydrogen-bond donors (Lipinski definition) is 2. The summed E-state index contributed by atoms with van der Waals surface area (Å²) >= 11 is 0. The molecule has 3 heteroatoms. The first-order chi connectivity index (χ1) is 8.29. The van der Waals surface area contributed by atoms with Gasteiger partial charge in [0.25, 0.3) is 0 Å². The zero-order chi connectivity index (χ0) is 12.1. The molecule has 2 atom stereocenters. The molecule has 1 saturated carbocycles. The molecule has 0 saturated heterocycles. The molecule has 0 heterocycles. The molecule has 1 aromatic rings. The smallest absolute Gasteiger partial charge is 0.124 e. The molecule has 17 heavy (non-hydrogen) atoms. The molecule has 0 aromatic heterocycles. The van der Waals surface area contributed by atoms with Crippen molar-refractivity contribution in [2.45, 2.75) is 50.9 Å². The van der Waals surface area contributed by atoms with Crippen molar-refractivity contribution < 1.29 is 9.84 Å².